The summed E-state index contributed by atoms with van der Waals surface area (Å²) in [4.78, 5) is 11.6. The molecule has 0 aliphatic rings. The lowest BCUT2D eigenvalue weighted by Gasteiger charge is -2.09. The van der Waals surface area contributed by atoms with Gasteiger partial charge in [0.05, 0.1) is 26.1 Å². The molecule has 1 rings (SSSR count). The van der Waals surface area contributed by atoms with Crippen molar-refractivity contribution in [1.29, 1.82) is 0 Å². The first kappa shape index (κ1) is 15.6. The average molecular weight is 275 g/mol. The number of esters is 1. The number of rotatable bonds is 5. The molecule has 0 aliphatic carbocycles. The molecule has 0 bridgehead atoms. The minimum Gasteiger partial charge on any atom is -0.508 e. The molecular weight excluding hydrogens is 261 g/mol. The highest BCUT2D eigenvalue weighted by atomic mass is 16.5. The topological polar surface area (TPSA) is 88.4 Å². The first-order valence-corrected chi connectivity index (χ1v) is 5.63. The van der Waals surface area contributed by atoms with E-state index >= 15 is 0 Å². The van der Waals surface area contributed by atoms with Crippen LogP contribution in [0.4, 0.5) is 0 Å². The fraction of sp³-hybridized carbons (Fsp3) is 0.231. The zero-order valence-electron chi connectivity index (χ0n) is 11.2. The molecule has 2 N–H and O–H groups in total. The third-order valence-corrected chi connectivity index (χ3v) is 2.57. The van der Waals surface area contributed by atoms with Crippen molar-refractivity contribution in [3.8, 4) is 5.75 Å². The molecule has 2 radical (unpaired) electrons. The molecule has 1 aromatic rings. The quantitative estimate of drug-likeness (QED) is 0.159. The summed E-state index contributed by atoms with van der Waals surface area (Å²) in [6, 6.07) is 4.40. The lowest BCUT2D eigenvalue weighted by Crippen LogP contribution is -2.09. The van der Waals surface area contributed by atoms with Crippen LogP contribution in [0.15, 0.2) is 35.2 Å². The number of carbonyl (C=O) groups excluding carboxylic acids is 1. The molecule has 0 unspecified atom stereocenters. The third-order valence-electron chi connectivity index (χ3n) is 2.57. The minimum absolute atomic E-state index is 0.0228. The Morgan fingerprint density at radius 1 is 1.45 bits per heavy atom. The number of phenols is 1. The molecule has 7 heteroatoms. The number of oxime groups is 1. The standard InChI is InChI=1S/C13H14BNO5/c1-19-7-10(13(17)20-2)6-9-5-8(12(14)15-18)3-4-11(9)16/h3-5,7,16,18H,6H2,1-2H3/b10-7+,15-12?. The van der Waals surface area contributed by atoms with Crippen molar-refractivity contribution in [3.05, 3.63) is 41.2 Å². The van der Waals surface area contributed by atoms with Crippen LogP contribution in [0.2, 0.25) is 0 Å². The molecular formula is C13H14BNO5. The van der Waals surface area contributed by atoms with Crippen LogP contribution in [0, 0.1) is 0 Å². The van der Waals surface area contributed by atoms with Crippen molar-refractivity contribution in [2.75, 3.05) is 14.2 Å². The predicted octanol–water partition coefficient (Wildman–Crippen LogP) is 0.942. The van der Waals surface area contributed by atoms with Crippen molar-refractivity contribution in [1.82, 2.24) is 0 Å². The highest BCUT2D eigenvalue weighted by Crippen LogP contribution is 2.22. The molecule has 0 amide bonds. The van der Waals surface area contributed by atoms with Crippen LogP contribution in [0.25, 0.3) is 0 Å². The highest BCUT2D eigenvalue weighted by Gasteiger charge is 2.14. The summed E-state index contributed by atoms with van der Waals surface area (Å²) in [5.74, 6) is -0.592. The van der Waals surface area contributed by atoms with E-state index in [4.69, 9.17) is 17.8 Å². The Kier molecular flexibility index (Phi) is 5.64. The lowest BCUT2D eigenvalue weighted by atomic mass is 9.91. The number of carbonyl (C=O) groups is 1. The molecule has 6 nitrogen and oxygen atoms in total. The van der Waals surface area contributed by atoms with Gasteiger partial charge in [0, 0.05) is 12.0 Å². The Bertz CT molecular complexity index is 554. The number of benzene rings is 1. The number of phenolic OH excluding ortho intramolecular Hbond substituents is 1. The maximum atomic E-state index is 11.6. The number of nitrogens with zero attached hydrogens (tertiary/aromatic N) is 1. The summed E-state index contributed by atoms with van der Waals surface area (Å²) in [5.41, 5.74) is 0.966. The summed E-state index contributed by atoms with van der Waals surface area (Å²) < 4.78 is 9.42. The highest BCUT2D eigenvalue weighted by molar-refractivity contribution is 6.64. The van der Waals surface area contributed by atoms with E-state index in [9.17, 15) is 9.90 Å². The second-order valence-electron chi connectivity index (χ2n) is 3.88. The Hall–Kier alpha value is -2.44. The van der Waals surface area contributed by atoms with E-state index in [1.807, 2.05) is 0 Å². The molecule has 0 heterocycles. The van der Waals surface area contributed by atoms with Gasteiger partial charge >= 0.3 is 5.97 Å². The van der Waals surface area contributed by atoms with Crippen molar-refractivity contribution in [3.63, 3.8) is 0 Å². The van der Waals surface area contributed by atoms with Gasteiger partial charge in [0.2, 0.25) is 0 Å². The molecule has 0 atom stereocenters. The molecule has 0 fully saturated rings. The third kappa shape index (κ3) is 3.78. The van der Waals surface area contributed by atoms with Gasteiger partial charge in [0.15, 0.2) is 0 Å². The number of methoxy groups -OCH3 is 2. The lowest BCUT2D eigenvalue weighted by molar-refractivity contribution is -0.136. The fourth-order valence-electron chi connectivity index (χ4n) is 1.58. The van der Waals surface area contributed by atoms with Gasteiger partial charge in [-0.15, -0.1) is 5.16 Å². The largest absolute Gasteiger partial charge is 0.508 e. The molecule has 20 heavy (non-hydrogen) atoms. The van der Waals surface area contributed by atoms with E-state index in [-0.39, 0.29) is 23.4 Å². The first-order valence-electron chi connectivity index (χ1n) is 5.63. The number of ether oxygens (including phenoxy) is 2. The molecule has 0 saturated carbocycles. The van der Waals surface area contributed by atoms with Crippen LogP contribution in [-0.4, -0.2) is 44.0 Å². The molecule has 0 aromatic heterocycles. The summed E-state index contributed by atoms with van der Waals surface area (Å²) in [6.45, 7) is 0. The normalized spacial score (nSPS) is 12.1. The average Bonchev–Trinajstić information content (AvgIpc) is 2.47. The molecule has 0 saturated heterocycles. The van der Waals surface area contributed by atoms with E-state index < -0.39 is 5.97 Å². The number of aromatic hydroxyl groups is 1. The van der Waals surface area contributed by atoms with E-state index in [0.717, 1.165) is 0 Å². The van der Waals surface area contributed by atoms with Gasteiger partial charge in [0.1, 0.15) is 13.6 Å². The maximum Gasteiger partial charge on any atom is 0.337 e. The van der Waals surface area contributed by atoms with Gasteiger partial charge in [-0.1, -0.05) is 6.07 Å². The van der Waals surface area contributed by atoms with Crippen LogP contribution in [0.3, 0.4) is 0 Å². The number of hydrogen-bond acceptors (Lipinski definition) is 6. The number of hydrogen-bond donors (Lipinski definition) is 2. The van der Waals surface area contributed by atoms with E-state index in [0.29, 0.717) is 11.1 Å². The van der Waals surface area contributed by atoms with Crippen molar-refractivity contribution in [2.45, 2.75) is 6.42 Å². The van der Waals surface area contributed by atoms with Gasteiger partial charge < -0.3 is 19.8 Å². The van der Waals surface area contributed by atoms with Gasteiger partial charge in [-0.2, -0.15) is 0 Å². The Balaban J connectivity index is 3.12. The smallest absolute Gasteiger partial charge is 0.337 e. The van der Waals surface area contributed by atoms with Gasteiger partial charge in [-0.3, -0.25) is 0 Å². The summed E-state index contributed by atoms with van der Waals surface area (Å²) in [7, 11) is 8.12. The van der Waals surface area contributed by atoms with Crippen molar-refractivity contribution >= 4 is 19.4 Å². The second-order valence-corrected chi connectivity index (χ2v) is 3.88. The molecule has 0 aliphatic heterocycles. The summed E-state index contributed by atoms with van der Waals surface area (Å²) in [5, 5.41) is 21.3. The first-order chi connectivity index (χ1) is 9.53. The maximum absolute atomic E-state index is 11.6. The SMILES string of the molecule is [B]C(=NO)c1ccc(O)c(C/C(=C\OC)C(=O)OC)c1. The minimum atomic E-state index is -0.569. The zero-order chi connectivity index (χ0) is 15.1. The van der Waals surface area contributed by atoms with Crippen LogP contribution in [-0.2, 0) is 20.7 Å². The van der Waals surface area contributed by atoms with Crippen LogP contribution < -0.4 is 0 Å². The van der Waals surface area contributed by atoms with Gasteiger partial charge in [-0.25, -0.2) is 4.79 Å². The van der Waals surface area contributed by atoms with E-state index in [2.05, 4.69) is 9.89 Å². The molecule has 1 aromatic carbocycles. The Labute approximate surface area is 117 Å². The summed E-state index contributed by atoms with van der Waals surface area (Å²) >= 11 is 0. The Morgan fingerprint density at radius 2 is 2.15 bits per heavy atom. The van der Waals surface area contributed by atoms with E-state index in [1.165, 1.54) is 38.7 Å². The molecule has 0 spiro atoms. The monoisotopic (exact) mass is 275 g/mol. The Morgan fingerprint density at radius 3 is 2.70 bits per heavy atom. The van der Waals surface area contributed by atoms with Crippen LogP contribution >= 0.6 is 0 Å². The zero-order valence-corrected chi connectivity index (χ0v) is 11.2. The van der Waals surface area contributed by atoms with Crippen LogP contribution in [0.5, 0.6) is 5.75 Å². The van der Waals surface area contributed by atoms with Crippen LogP contribution in [0.1, 0.15) is 11.1 Å². The van der Waals surface area contributed by atoms with Gasteiger partial charge in [0.25, 0.3) is 0 Å². The summed E-state index contributed by atoms with van der Waals surface area (Å²) in [6.07, 6.45) is 1.32. The molecule has 104 valence electrons. The van der Waals surface area contributed by atoms with Crippen molar-refractivity contribution in [2.24, 2.45) is 5.16 Å². The van der Waals surface area contributed by atoms with Crippen molar-refractivity contribution < 1.29 is 24.6 Å². The predicted molar refractivity (Wildman–Crippen MR) is 73.0 cm³/mol. The fourth-order valence-corrected chi connectivity index (χ4v) is 1.58. The van der Waals surface area contributed by atoms with Gasteiger partial charge in [-0.05, 0) is 23.3 Å². The second kappa shape index (κ2) is 7.23. The van der Waals surface area contributed by atoms with E-state index in [1.54, 1.807) is 0 Å².